The van der Waals surface area contributed by atoms with E-state index in [1.54, 1.807) is 24.3 Å². The smallest absolute Gasteiger partial charge is 0.343 e. The summed E-state index contributed by atoms with van der Waals surface area (Å²) in [7, 11) is 0. The Morgan fingerprint density at radius 3 is 1.93 bits per heavy atom. The van der Waals surface area contributed by atoms with Crippen molar-refractivity contribution in [1.82, 2.24) is 0 Å². The van der Waals surface area contributed by atoms with E-state index >= 15 is 0 Å². The monoisotopic (exact) mass is 573 g/mol. The number of hydrogen-bond donors (Lipinski definition) is 0. The van der Waals surface area contributed by atoms with Crippen LogP contribution < -0.4 is 9.64 Å². The third-order valence-corrected chi connectivity index (χ3v) is 6.75. The molecule has 198 valence electrons. The molecule has 0 aliphatic carbocycles. The van der Waals surface area contributed by atoms with E-state index in [1.807, 2.05) is 0 Å². The minimum Gasteiger partial charge on any atom is -0.454 e. The quantitative estimate of drug-likeness (QED) is 0.114. The third-order valence-electron chi connectivity index (χ3n) is 6.01. The lowest BCUT2D eigenvalue weighted by atomic mass is 10.1. The van der Waals surface area contributed by atoms with Crippen molar-refractivity contribution in [3.05, 3.63) is 129 Å². The Labute approximate surface area is 237 Å². The molecule has 0 aromatic heterocycles. The first-order valence-corrected chi connectivity index (χ1v) is 12.5. The van der Waals surface area contributed by atoms with Crippen LogP contribution in [0.5, 0.6) is 5.75 Å². The van der Waals surface area contributed by atoms with E-state index in [0.29, 0.717) is 5.02 Å². The molecule has 1 heterocycles. The van der Waals surface area contributed by atoms with Gasteiger partial charge in [-0.15, -0.1) is 0 Å². The van der Waals surface area contributed by atoms with Gasteiger partial charge in [-0.1, -0.05) is 41.4 Å². The fourth-order valence-corrected chi connectivity index (χ4v) is 4.29. The Balaban J connectivity index is 1.20. The van der Waals surface area contributed by atoms with Crippen LogP contribution in [0.3, 0.4) is 0 Å². The zero-order valence-electron chi connectivity index (χ0n) is 20.4. The van der Waals surface area contributed by atoms with Gasteiger partial charge in [0.1, 0.15) is 5.75 Å². The summed E-state index contributed by atoms with van der Waals surface area (Å²) < 4.78 is 10.5. The second-order valence-electron chi connectivity index (χ2n) is 8.58. The van der Waals surface area contributed by atoms with Gasteiger partial charge in [-0.25, -0.2) is 14.5 Å². The molecule has 0 atom stereocenters. The van der Waals surface area contributed by atoms with Gasteiger partial charge in [0.15, 0.2) is 12.4 Å². The number of rotatable bonds is 7. The Bertz CT molecular complexity index is 1660. The van der Waals surface area contributed by atoms with Crippen LogP contribution in [0.2, 0.25) is 10.0 Å². The molecule has 4 aromatic carbocycles. The van der Waals surface area contributed by atoms with Crippen molar-refractivity contribution < 1.29 is 33.4 Å². The number of carbonyl (C=O) groups is 5. The molecule has 8 nitrogen and oxygen atoms in total. The van der Waals surface area contributed by atoms with Crippen LogP contribution in [0.1, 0.15) is 51.8 Å². The summed E-state index contributed by atoms with van der Waals surface area (Å²) in [5.74, 6) is -2.75. The lowest BCUT2D eigenvalue weighted by Gasteiger charge is -2.14. The number of anilines is 1. The van der Waals surface area contributed by atoms with Crippen LogP contribution in [0.4, 0.5) is 5.69 Å². The molecule has 0 radical (unpaired) electrons. The predicted molar refractivity (Wildman–Crippen MR) is 146 cm³/mol. The molecule has 40 heavy (non-hydrogen) atoms. The molecular formula is C30H17Cl2NO7. The number of esters is 2. The summed E-state index contributed by atoms with van der Waals surface area (Å²) >= 11 is 11.8. The van der Waals surface area contributed by atoms with E-state index in [0.717, 1.165) is 4.90 Å². The lowest BCUT2D eigenvalue weighted by molar-refractivity contribution is 0.0474. The van der Waals surface area contributed by atoms with Crippen molar-refractivity contribution in [2.75, 3.05) is 11.5 Å². The highest BCUT2D eigenvalue weighted by molar-refractivity contribution is 6.42. The molecule has 0 saturated heterocycles. The number of amides is 2. The van der Waals surface area contributed by atoms with Gasteiger partial charge < -0.3 is 9.47 Å². The van der Waals surface area contributed by atoms with Crippen molar-refractivity contribution in [1.29, 1.82) is 0 Å². The van der Waals surface area contributed by atoms with E-state index in [2.05, 4.69) is 0 Å². The van der Waals surface area contributed by atoms with Crippen molar-refractivity contribution in [3.63, 3.8) is 0 Å². The molecule has 5 rings (SSSR count). The van der Waals surface area contributed by atoms with Crippen LogP contribution in [-0.2, 0) is 4.74 Å². The average molecular weight is 574 g/mol. The molecule has 0 unspecified atom stereocenters. The first kappa shape index (κ1) is 26.8. The van der Waals surface area contributed by atoms with Gasteiger partial charge in [-0.3, -0.25) is 14.4 Å². The number of nitrogens with zero attached hydrogens (tertiary/aromatic N) is 1. The minimum absolute atomic E-state index is 0.0615. The molecule has 10 heteroatoms. The van der Waals surface area contributed by atoms with Crippen LogP contribution in [0.15, 0.2) is 91.0 Å². The molecule has 4 aromatic rings. The number of ketones is 1. The van der Waals surface area contributed by atoms with Gasteiger partial charge in [0.25, 0.3) is 11.8 Å². The zero-order chi connectivity index (χ0) is 28.4. The SMILES string of the molecule is O=C(COC(=O)c1cccc(N2C(=O)c3ccccc3C2=O)c1)c1ccc(OC(=O)c2ccc(Cl)c(Cl)c2)cc1. The number of halogens is 2. The largest absolute Gasteiger partial charge is 0.454 e. The van der Waals surface area contributed by atoms with Crippen LogP contribution in [-0.4, -0.2) is 36.1 Å². The van der Waals surface area contributed by atoms with Crippen molar-refractivity contribution >= 4 is 58.4 Å². The fraction of sp³-hybridized carbons (Fsp3) is 0.0333. The summed E-state index contributed by atoms with van der Waals surface area (Å²) in [4.78, 5) is 64.0. The first-order chi connectivity index (χ1) is 19.2. The fourth-order valence-electron chi connectivity index (χ4n) is 3.99. The molecule has 2 amide bonds. The molecule has 1 aliphatic heterocycles. The van der Waals surface area contributed by atoms with Gasteiger partial charge in [0.2, 0.25) is 0 Å². The first-order valence-electron chi connectivity index (χ1n) is 11.8. The van der Waals surface area contributed by atoms with E-state index in [1.165, 1.54) is 66.7 Å². The number of benzene rings is 4. The normalized spacial score (nSPS) is 12.2. The van der Waals surface area contributed by atoms with Gasteiger partial charge in [-0.05, 0) is 72.8 Å². The Morgan fingerprint density at radius 1 is 0.650 bits per heavy atom. The van der Waals surface area contributed by atoms with E-state index in [-0.39, 0.29) is 44.3 Å². The van der Waals surface area contributed by atoms with Gasteiger partial charge in [0.05, 0.1) is 38.0 Å². The lowest BCUT2D eigenvalue weighted by Crippen LogP contribution is -2.29. The van der Waals surface area contributed by atoms with E-state index < -0.39 is 36.1 Å². The molecular weight excluding hydrogens is 557 g/mol. The van der Waals surface area contributed by atoms with Gasteiger partial charge in [0, 0.05) is 5.56 Å². The van der Waals surface area contributed by atoms with Crippen LogP contribution >= 0.6 is 23.2 Å². The van der Waals surface area contributed by atoms with Gasteiger partial charge in [-0.2, -0.15) is 0 Å². The predicted octanol–water partition coefficient (Wildman–Crippen LogP) is 6.05. The summed E-state index contributed by atoms with van der Waals surface area (Å²) in [6.07, 6.45) is 0. The number of carbonyl (C=O) groups excluding carboxylic acids is 5. The maximum atomic E-state index is 12.7. The van der Waals surface area contributed by atoms with Crippen LogP contribution in [0.25, 0.3) is 0 Å². The molecule has 0 bridgehead atoms. The zero-order valence-corrected chi connectivity index (χ0v) is 21.9. The highest BCUT2D eigenvalue weighted by Gasteiger charge is 2.36. The Kier molecular flexibility index (Phi) is 7.46. The maximum absolute atomic E-state index is 12.7. The summed E-state index contributed by atoms with van der Waals surface area (Å²) in [5.41, 5.74) is 1.25. The molecule has 0 fully saturated rings. The highest BCUT2D eigenvalue weighted by atomic mass is 35.5. The molecule has 0 spiro atoms. The number of hydrogen-bond acceptors (Lipinski definition) is 7. The van der Waals surface area contributed by atoms with Crippen molar-refractivity contribution in [3.8, 4) is 5.75 Å². The Hall–Kier alpha value is -4.79. The second-order valence-corrected chi connectivity index (χ2v) is 9.40. The standard InChI is InChI=1S/C30H17Cl2NO7/c31-24-13-10-19(15-25(24)32)30(38)40-21-11-8-17(9-12-21)26(34)16-39-29(37)18-4-3-5-20(14-18)33-27(35)22-6-1-2-7-23(22)28(33)36/h1-15H,16H2. The van der Waals surface area contributed by atoms with Crippen molar-refractivity contribution in [2.45, 2.75) is 0 Å². The summed E-state index contributed by atoms with van der Waals surface area (Å²) in [5, 5.41) is 0.513. The van der Waals surface area contributed by atoms with Gasteiger partial charge >= 0.3 is 11.9 Å². The second kappa shape index (κ2) is 11.1. The molecule has 1 aliphatic rings. The number of imide groups is 1. The highest BCUT2D eigenvalue weighted by Crippen LogP contribution is 2.29. The number of fused-ring (bicyclic) bond motifs is 1. The Morgan fingerprint density at radius 2 is 1.27 bits per heavy atom. The summed E-state index contributed by atoms with van der Waals surface area (Å²) in [6.45, 7) is -0.557. The average Bonchev–Trinajstić information content (AvgIpc) is 3.22. The summed E-state index contributed by atoms with van der Waals surface area (Å²) in [6, 6.07) is 22.3. The number of ether oxygens (including phenoxy) is 2. The van der Waals surface area contributed by atoms with Crippen LogP contribution in [0, 0.1) is 0 Å². The maximum Gasteiger partial charge on any atom is 0.343 e. The minimum atomic E-state index is -0.806. The molecule has 0 saturated carbocycles. The topological polar surface area (TPSA) is 107 Å². The molecule has 0 N–H and O–H groups in total. The number of Topliss-reactive ketones (excluding diaryl/α,β-unsaturated/α-hetero) is 1. The van der Waals surface area contributed by atoms with Crippen molar-refractivity contribution in [2.24, 2.45) is 0 Å². The third kappa shape index (κ3) is 5.36. The van der Waals surface area contributed by atoms with E-state index in [9.17, 15) is 24.0 Å². The van der Waals surface area contributed by atoms with E-state index in [4.69, 9.17) is 32.7 Å².